The molecular weight excluding hydrogens is 272 g/mol. The van der Waals surface area contributed by atoms with Crippen molar-refractivity contribution in [1.29, 1.82) is 0 Å². The summed E-state index contributed by atoms with van der Waals surface area (Å²) in [5.74, 6) is -0.0602. The van der Waals surface area contributed by atoms with Gasteiger partial charge in [0.15, 0.2) is 9.84 Å². The van der Waals surface area contributed by atoms with Gasteiger partial charge in [0, 0.05) is 12.3 Å². The summed E-state index contributed by atoms with van der Waals surface area (Å²) in [7, 11) is -2.98. The van der Waals surface area contributed by atoms with Crippen LogP contribution in [-0.4, -0.2) is 25.7 Å². The summed E-state index contributed by atoms with van der Waals surface area (Å²) >= 11 is 0. The van der Waals surface area contributed by atoms with E-state index in [1.165, 1.54) is 5.56 Å². The Balaban J connectivity index is 2.02. The Morgan fingerprint density at radius 1 is 1.20 bits per heavy atom. The van der Waals surface area contributed by atoms with Crippen LogP contribution in [0, 0.1) is 5.92 Å². The van der Waals surface area contributed by atoms with Crippen LogP contribution in [0.4, 0.5) is 0 Å². The maximum absolute atomic E-state index is 12.1. The molecule has 0 amide bonds. The summed E-state index contributed by atoms with van der Waals surface area (Å²) in [6.07, 6.45) is 0.825. The van der Waals surface area contributed by atoms with Gasteiger partial charge in [-0.05, 0) is 23.0 Å². The molecule has 4 heteroatoms. The molecule has 0 aliphatic carbocycles. The summed E-state index contributed by atoms with van der Waals surface area (Å²) < 4.78 is 22.8. The zero-order valence-corrected chi connectivity index (χ0v) is 13.2. The quantitative estimate of drug-likeness (QED) is 0.861. The van der Waals surface area contributed by atoms with Crippen LogP contribution in [0.2, 0.25) is 0 Å². The van der Waals surface area contributed by atoms with E-state index in [4.69, 9.17) is 0 Å². The zero-order chi connectivity index (χ0) is 15.0. The van der Waals surface area contributed by atoms with Crippen molar-refractivity contribution < 1.29 is 13.2 Å². The van der Waals surface area contributed by atoms with Crippen LogP contribution in [0.3, 0.4) is 0 Å². The second kappa shape index (κ2) is 5.32. The van der Waals surface area contributed by atoms with Crippen molar-refractivity contribution >= 4 is 15.6 Å². The Morgan fingerprint density at radius 3 is 2.25 bits per heavy atom. The molecule has 0 bridgehead atoms. The third-order valence-corrected chi connectivity index (χ3v) is 5.65. The van der Waals surface area contributed by atoms with Crippen LogP contribution >= 0.6 is 0 Å². The first-order valence-electron chi connectivity index (χ1n) is 7.00. The van der Waals surface area contributed by atoms with E-state index in [0.717, 1.165) is 5.56 Å². The molecule has 1 atom stereocenters. The first kappa shape index (κ1) is 15.2. The van der Waals surface area contributed by atoms with E-state index in [0.29, 0.717) is 12.8 Å². The summed E-state index contributed by atoms with van der Waals surface area (Å²) in [4.78, 5) is 12.1. The van der Waals surface area contributed by atoms with Crippen LogP contribution in [0.25, 0.3) is 0 Å². The molecule has 0 aromatic heterocycles. The molecule has 1 saturated heterocycles. The molecule has 20 heavy (non-hydrogen) atoms. The lowest BCUT2D eigenvalue weighted by Crippen LogP contribution is -2.18. The van der Waals surface area contributed by atoms with Crippen molar-refractivity contribution in [3.63, 3.8) is 0 Å². The van der Waals surface area contributed by atoms with Crippen molar-refractivity contribution in [3.05, 3.63) is 35.4 Å². The van der Waals surface area contributed by atoms with Gasteiger partial charge in [-0.15, -0.1) is 0 Å². The highest BCUT2D eigenvalue weighted by Gasteiger charge is 2.32. The van der Waals surface area contributed by atoms with Crippen LogP contribution in [-0.2, 0) is 26.5 Å². The molecule has 0 radical (unpaired) electrons. The Labute approximate surface area is 121 Å². The lowest BCUT2D eigenvalue weighted by molar-refractivity contribution is -0.121. The number of hydrogen-bond donors (Lipinski definition) is 0. The molecule has 3 nitrogen and oxygen atoms in total. The second-order valence-corrected chi connectivity index (χ2v) is 8.92. The highest BCUT2D eigenvalue weighted by atomic mass is 32.2. The maximum Gasteiger partial charge on any atom is 0.151 e. The van der Waals surface area contributed by atoms with Crippen LogP contribution in [0.15, 0.2) is 24.3 Å². The topological polar surface area (TPSA) is 51.2 Å². The number of sulfone groups is 1. The Kier molecular flexibility index (Phi) is 4.05. The van der Waals surface area contributed by atoms with Gasteiger partial charge in [-0.1, -0.05) is 45.0 Å². The SMILES string of the molecule is CC(C)(C)c1ccc(CC(=O)C2CCS(=O)(=O)C2)cc1. The number of Topliss-reactive ketones (excluding diaryl/α,β-unsaturated/α-hetero) is 1. The van der Waals surface area contributed by atoms with Crippen LogP contribution in [0.5, 0.6) is 0 Å². The highest BCUT2D eigenvalue weighted by Crippen LogP contribution is 2.24. The molecule has 0 spiro atoms. The fourth-order valence-corrected chi connectivity index (χ4v) is 4.29. The van der Waals surface area contributed by atoms with Crippen molar-refractivity contribution in [2.45, 2.75) is 39.0 Å². The van der Waals surface area contributed by atoms with Gasteiger partial charge >= 0.3 is 0 Å². The molecule has 1 aliphatic rings. The first-order valence-corrected chi connectivity index (χ1v) is 8.82. The number of rotatable bonds is 3. The zero-order valence-electron chi connectivity index (χ0n) is 12.3. The van der Waals surface area contributed by atoms with Gasteiger partial charge in [0.1, 0.15) is 5.78 Å². The molecule has 1 fully saturated rings. The summed E-state index contributed by atoms with van der Waals surface area (Å²) in [5, 5.41) is 0. The molecule has 1 aromatic carbocycles. The van der Waals surface area contributed by atoms with E-state index >= 15 is 0 Å². The van der Waals surface area contributed by atoms with Crippen LogP contribution < -0.4 is 0 Å². The Morgan fingerprint density at radius 2 is 1.80 bits per heavy atom. The monoisotopic (exact) mass is 294 g/mol. The third-order valence-electron chi connectivity index (χ3n) is 3.89. The summed E-state index contributed by atoms with van der Waals surface area (Å²) in [6.45, 7) is 6.45. The van der Waals surface area contributed by atoms with Gasteiger partial charge in [0.25, 0.3) is 0 Å². The fourth-order valence-electron chi connectivity index (χ4n) is 2.52. The molecule has 2 rings (SSSR count). The second-order valence-electron chi connectivity index (χ2n) is 6.69. The number of hydrogen-bond acceptors (Lipinski definition) is 3. The van der Waals surface area contributed by atoms with E-state index < -0.39 is 9.84 Å². The van der Waals surface area contributed by atoms with Gasteiger partial charge in [-0.3, -0.25) is 4.79 Å². The van der Waals surface area contributed by atoms with Crippen molar-refractivity contribution in [2.75, 3.05) is 11.5 Å². The first-order chi connectivity index (χ1) is 9.17. The van der Waals surface area contributed by atoms with E-state index in [1.807, 2.05) is 24.3 Å². The predicted molar refractivity (Wildman–Crippen MR) is 80.6 cm³/mol. The van der Waals surface area contributed by atoms with Crippen molar-refractivity contribution in [2.24, 2.45) is 5.92 Å². The van der Waals surface area contributed by atoms with Crippen LogP contribution in [0.1, 0.15) is 38.3 Å². The summed E-state index contributed by atoms with van der Waals surface area (Å²) in [6, 6.07) is 8.05. The lowest BCUT2D eigenvalue weighted by atomic mass is 9.86. The largest absolute Gasteiger partial charge is 0.299 e. The third kappa shape index (κ3) is 3.69. The minimum Gasteiger partial charge on any atom is -0.299 e. The smallest absolute Gasteiger partial charge is 0.151 e. The van der Waals surface area contributed by atoms with E-state index in [9.17, 15) is 13.2 Å². The minimum absolute atomic E-state index is 0.0336. The molecule has 0 N–H and O–H groups in total. The molecule has 110 valence electrons. The van der Waals surface area contributed by atoms with Crippen molar-refractivity contribution in [1.82, 2.24) is 0 Å². The van der Waals surface area contributed by atoms with Gasteiger partial charge in [0.2, 0.25) is 0 Å². The average Bonchev–Trinajstić information content (AvgIpc) is 2.69. The lowest BCUT2D eigenvalue weighted by Gasteiger charge is -2.19. The van der Waals surface area contributed by atoms with Gasteiger partial charge < -0.3 is 0 Å². The fraction of sp³-hybridized carbons (Fsp3) is 0.562. The standard InChI is InChI=1S/C16H22O3S/c1-16(2,3)14-6-4-12(5-7-14)10-15(17)13-8-9-20(18,19)11-13/h4-7,13H,8-11H2,1-3H3. The normalized spacial score (nSPS) is 21.9. The molecule has 1 aliphatic heterocycles. The van der Waals surface area contributed by atoms with Gasteiger partial charge in [0.05, 0.1) is 11.5 Å². The van der Waals surface area contributed by atoms with Crippen molar-refractivity contribution in [3.8, 4) is 0 Å². The maximum atomic E-state index is 12.1. The van der Waals surface area contributed by atoms with E-state index in [-0.39, 0.29) is 28.6 Å². The van der Waals surface area contributed by atoms with E-state index in [1.54, 1.807) is 0 Å². The average molecular weight is 294 g/mol. The number of benzene rings is 1. The van der Waals surface area contributed by atoms with Gasteiger partial charge in [-0.25, -0.2) is 8.42 Å². The molecule has 1 heterocycles. The molecule has 1 aromatic rings. The Bertz CT molecular complexity index is 592. The molecule has 1 unspecified atom stereocenters. The number of carbonyl (C=O) groups excluding carboxylic acids is 1. The Hall–Kier alpha value is -1.16. The highest BCUT2D eigenvalue weighted by molar-refractivity contribution is 7.91. The molecule has 0 saturated carbocycles. The van der Waals surface area contributed by atoms with E-state index in [2.05, 4.69) is 20.8 Å². The molecular formula is C16H22O3S. The van der Waals surface area contributed by atoms with Gasteiger partial charge in [-0.2, -0.15) is 0 Å². The predicted octanol–water partition coefficient (Wildman–Crippen LogP) is 2.53. The summed E-state index contributed by atoms with van der Waals surface area (Å²) in [5.41, 5.74) is 2.30. The number of carbonyl (C=O) groups is 1. The number of ketones is 1. The minimum atomic E-state index is -2.98.